The lowest BCUT2D eigenvalue weighted by molar-refractivity contribution is 0.0990. The van der Waals surface area contributed by atoms with Crippen molar-refractivity contribution in [1.82, 2.24) is 5.32 Å². The molecule has 1 N–H and O–H groups in total. The summed E-state index contributed by atoms with van der Waals surface area (Å²) in [4.78, 5) is 0. The lowest BCUT2D eigenvalue weighted by Crippen LogP contribution is -2.45. The van der Waals surface area contributed by atoms with Crippen LogP contribution in [-0.2, 0) is 15.5 Å². The Bertz CT molecular complexity index is 236. The Kier molecular flexibility index (Phi) is 8.11. The van der Waals surface area contributed by atoms with Crippen molar-refractivity contribution < 1.29 is 8.95 Å². The molecule has 0 amide bonds. The zero-order valence-electron chi connectivity index (χ0n) is 12.1. The molecule has 3 unspecified atom stereocenters. The molecule has 0 saturated carbocycles. The number of nitrogens with one attached hydrogen (secondary N) is 1. The van der Waals surface area contributed by atoms with Crippen molar-refractivity contribution in [3.8, 4) is 0 Å². The van der Waals surface area contributed by atoms with E-state index in [1.54, 1.807) is 0 Å². The van der Waals surface area contributed by atoms with Crippen molar-refractivity contribution in [3.63, 3.8) is 0 Å². The minimum Gasteiger partial charge on any atom is -0.381 e. The summed E-state index contributed by atoms with van der Waals surface area (Å²) in [6.45, 7) is 9.04. The summed E-state index contributed by atoms with van der Waals surface area (Å²) in [7, 11) is -0.720. The molecular weight excluding hydrogens is 246 g/mol. The predicted molar refractivity (Wildman–Crippen MR) is 78.4 cm³/mol. The fourth-order valence-electron chi connectivity index (χ4n) is 2.76. The summed E-state index contributed by atoms with van der Waals surface area (Å²) in [5, 5.41) is 4.18. The van der Waals surface area contributed by atoms with Crippen molar-refractivity contribution in [2.24, 2.45) is 0 Å². The normalized spacial score (nSPS) is 22.6. The third kappa shape index (κ3) is 4.63. The predicted octanol–water partition coefficient (Wildman–Crippen LogP) is 2.47. The minimum atomic E-state index is -0.720. The monoisotopic (exact) mass is 275 g/mol. The van der Waals surface area contributed by atoms with Crippen LogP contribution >= 0.6 is 0 Å². The van der Waals surface area contributed by atoms with Crippen LogP contribution in [0.1, 0.15) is 52.9 Å². The minimum absolute atomic E-state index is 0.299. The van der Waals surface area contributed by atoms with Gasteiger partial charge in [0.1, 0.15) is 0 Å². The van der Waals surface area contributed by atoms with E-state index in [4.69, 9.17) is 4.74 Å². The number of hydrogen-bond acceptors (Lipinski definition) is 3. The third-order valence-corrected chi connectivity index (χ3v) is 6.10. The van der Waals surface area contributed by atoms with Gasteiger partial charge in [0.15, 0.2) is 0 Å². The molecular formula is C14H29NO2S. The van der Waals surface area contributed by atoms with Crippen LogP contribution in [-0.4, -0.2) is 40.5 Å². The Morgan fingerprint density at radius 1 is 1.28 bits per heavy atom. The Labute approximate surface area is 115 Å². The first-order chi connectivity index (χ1) is 8.74. The first kappa shape index (κ1) is 16.1. The third-order valence-electron chi connectivity index (χ3n) is 3.71. The van der Waals surface area contributed by atoms with Crippen LogP contribution in [0.2, 0.25) is 0 Å². The summed E-state index contributed by atoms with van der Waals surface area (Å²) >= 11 is 0. The highest BCUT2D eigenvalue weighted by Gasteiger charge is 2.30. The molecule has 0 spiro atoms. The molecule has 3 nitrogen and oxygen atoms in total. The number of ether oxygens (including phenoxy) is 1. The van der Waals surface area contributed by atoms with Gasteiger partial charge in [-0.05, 0) is 32.2 Å². The van der Waals surface area contributed by atoms with Gasteiger partial charge in [0.25, 0.3) is 0 Å². The summed E-state index contributed by atoms with van der Waals surface area (Å²) in [5.74, 6) is 0. The van der Waals surface area contributed by atoms with Gasteiger partial charge in [-0.15, -0.1) is 0 Å². The fourth-order valence-corrected chi connectivity index (χ4v) is 4.79. The van der Waals surface area contributed by atoms with Crippen LogP contribution in [0.15, 0.2) is 0 Å². The van der Waals surface area contributed by atoms with E-state index in [-0.39, 0.29) is 0 Å². The van der Waals surface area contributed by atoms with E-state index in [1.807, 2.05) is 0 Å². The van der Waals surface area contributed by atoms with E-state index < -0.39 is 10.8 Å². The lowest BCUT2D eigenvalue weighted by Gasteiger charge is -2.31. The van der Waals surface area contributed by atoms with Gasteiger partial charge in [-0.25, -0.2) is 0 Å². The fraction of sp³-hybridized carbons (Fsp3) is 1.00. The quantitative estimate of drug-likeness (QED) is 0.739. The van der Waals surface area contributed by atoms with Crippen LogP contribution in [0, 0.1) is 0 Å². The summed E-state index contributed by atoms with van der Waals surface area (Å²) in [6, 6.07) is 0.411. The summed E-state index contributed by atoms with van der Waals surface area (Å²) in [5.41, 5.74) is 0. The molecule has 1 aliphatic heterocycles. The van der Waals surface area contributed by atoms with Crippen molar-refractivity contribution in [2.45, 2.75) is 69.4 Å². The maximum atomic E-state index is 12.7. The highest BCUT2D eigenvalue weighted by atomic mass is 32.2. The number of rotatable bonds is 8. The molecule has 0 aromatic rings. The highest BCUT2D eigenvalue weighted by Crippen LogP contribution is 2.22. The second kappa shape index (κ2) is 9.05. The molecule has 0 radical (unpaired) electrons. The van der Waals surface area contributed by atoms with Gasteiger partial charge in [0.05, 0.1) is 5.25 Å². The van der Waals surface area contributed by atoms with Crippen molar-refractivity contribution >= 4 is 10.8 Å². The molecule has 18 heavy (non-hydrogen) atoms. The molecule has 1 fully saturated rings. The molecule has 0 bridgehead atoms. The van der Waals surface area contributed by atoms with Crippen LogP contribution < -0.4 is 5.32 Å². The Morgan fingerprint density at radius 3 is 2.44 bits per heavy atom. The molecule has 1 saturated heterocycles. The molecule has 0 aromatic carbocycles. The highest BCUT2D eigenvalue weighted by molar-refractivity contribution is 7.86. The lowest BCUT2D eigenvalue weighted by atomic mass is 10.1. The zero-order valence-corrected chi connectivity index (χ0v) is 12.9. The van der Waals surface area contributed by atoms with Crippen molar-refractivity contribution in [3.05, 3.63) is 0 Å². The van der Waals surface area contributed by atoms with Gasteiger partial charge in [0, 0.05) is 35.3 Å². The van der Waals surface area contributed by atoms with E-state index in [9.17, 15) is 4.21 Å². The van der Waals surface area contributed by atoms with E-state index >= 15 is 0 Å². The molecule has 108 valence electrons. The Balaban J connectivity index is 2.62. The van der Waals surface area contributed by atoms with E-state index in [2.05, 4.69) is 26.1 Å². The van der Waals surface area contributed by atoms with E-state index in [0.717, 1.165) is 51.9 Å². The molecule has 0 aromatic heterocycles. The van der Waals surface area contributed by atoms with Gasteiger partial charge in [-0.3, -0.25) is 4.21 Å². The summed E-state index contributed by atoms with van der Waals surface area (Å²) in [6.07, 6.45) is 5.21. The van der Waals surface area contributed by atoms with E-state index in [1.165, 1.54) is 0 Å². The maximum Gasteiger partial charge on any atom is 0.0501 e. The van der Waals surface area contributed by atoms with Gasteiger partial charge >= 0.3 is 0 Å². The van der Waals surface area contributed by atoms with E-state index in [0.29, 0.717) is 16.5 Å². The van der Waals surface area contributed by atoms with Crippen LogP contribution in [0.3, 0.4) is 0 Å². The van der Waals surface area contributed by atoms with Gasteiger partial charge in [0.2, 0.25) is 0 Å². The van der Waals surface area contributed by atoms with Gasteiger partial charge < -0.3 is 10.1 Å². The van der Waals surface area contributed by atoms with Crippen LogP contribution in [0.5, 0.6) is 0 Å². The molecule has 3 atom stereocenters. The average Bonchev–Trinajstić information content (AvgIpc) is 2.41. The second-order valence-electron chi connectivity index (χ2n) is 5.04. The Morgan fingerprint density at radius 2 is 1.94 bits per heavy atom. The smallest absolute Gasteiger partial charge is 0.0501 e. The first-order valence-electron chi connectivity index (χ1n) is 7.45. The number of hydrogen-bond donors (Lipinski definition) is 1. The summed E-state index contributed by atoms with van der Waals surface area (Å²) < 4.78 is 18.1. The second-order valence-corrected chi connectivity index (χ2v) is 6.97. The van der Waals surface area contributed by atoms with Crippen LogP contribution in [0.4, 0.5) is 0 Å². The van der Waals surface area contributed by atoms with Gasteiger partial charge in [-0.1, -0.05) is 27.2 Å². The van der Waals surface area contributed by atoms with Crippen molar-refractivity contribution in [1.29, 1.82) is 0 Å². The first-order valence-corrected chi connectivity index (χ1v) is 8.72. The SMILES string of the molecule is CCCC(NCC)C(CC)S(=O)C1CCOCC1. The molecule has 1 aliphatic rings. The van der Waals surface area contributed by atoms with Crippen molar-refractivity contribution in [2.75, 3.05) is 19.8 Å². The molecule has 4 heteroatoms. The van der Waals surface area contributed by atoms with Crippen LogP contribution in [0.25, 0.3) is 0 Å². The maximum absolute atomic E-state index is 12.7. The molecule has 1 heterocycles. The molecule has 0 aliphatic carbocycles. The largest absolute Gasteiger partial charge is 0.381 e. The molecule has 1 rings (SSSR count). The standard InChI is InChI=1S/C14H29NO2S/c1-4-7-13(15-6-3)14(5-2)18(16)12-8-10-17-11-9-12/h12-15H,4-11H2,1-3H3. The Hall–Kier alpha value is 0.0700. The van der Waals surface area contributed by atoms with Gasteiger partial charge in [-0.2, -0.15) is 0 Å². The topological polar surface area (TPSA) is 38.3 Å². The average molecular weight is 275 g/mol. The zero-order chi connectivity index (χ0) is 13.4.